The summed E-state index contributed by atoms with van der Waals surface area (Å²) >= 11 is 1.63. The quantitative estimate of drug-likeness (QED) is 0.227. The molecule has 2 heterocycles. The van der Waals surface area contributed by atoms with Crippen molar-refractivity contribution in [3.8, 4) is 16.9 Å². The number of phenolic OH excluding ortho intramolecular Hbond substituents is 1. The maximum absolute atomic E-state index is 11.3. The van der Waals surface area contributed by atoms with Crippen LogP contribution in [0.3, 0.4) is 0 Å². The van der Waals surface area contributed by atoms with Gasteiger partial charge in [0, 0.05) is 34.3 Å². The van der Waals surface area contributed by atoms with Crippen molar-refractivity contribution in [1.82, 2.24) is 0 Å². The van der Waals surface area contributed by atoms with Gasteiger partial charge in [0.05, 0.1) is 11.2 Å². The van der Waals surface area contributed by atoms with Gasteiger partial charge in [0.2, 0.25) is 5.91 Å². The van der Waals surface area contributed by atoms with E-state index in [2.05, 4.69) is 5.32 Å². The molecule has 0 saturated heterocycles. The number of nitrogens with zero attached hydrogens (tertiary/aromatic N) is 1. The van der Waals surface area contributed by atoms with Gasteiger partial charge in [0.25, 0.3) is 5.91 Å². The fourth-order valence-corrected chi connectivity index (χ4v) is 3.73. The Morgan fingerprint density at radius 2 is 1.79 bits per heavy atom. The first-order valence-electron chi connectivity index (χ1n) is 9.77. The lowest BCUT2D eigenvalue weighted by atomic mass is 10.1. The number of hydrogen-bond acceptors (Lipinski definition) is 8. The van der Waals surface area contributed by atoms with Crippen LogP contribution < -0.4 is 16.8 Å². The number of nitro benzene ring substituents is 1. The van der Waals surface area contributed by atoms with Gasteiger partial charge in [-0.1, -0.05) is 18.2 Å². The third-order valence-electron chi connectivity index (χ3n) is 4.55. The third kappa shape index (κ3) is 5.99. The molecule has 0 bridgehead atoms. The number of amides is 2. The summed E-state index contributed by atoms with van der Waals surface area (Å²) in [5, 5.41) is 24.6. The van der Waals surface area contributed by atoms with Gasteiger partial charge in [-0.3, -0.25) is 19.7 Å². The zero-order chi connectivity index (χ0) is 24.7. The fraction of sp³-hybridized carbons (Fsp3) is 0.0435. The Hall–Kier alpha value is -4.64. The Kier molecular flexibility index (Phi) is 7.62. The van der Waals surface area contributed by atoms with E-state index in [0.717, 1.165) is 35.5 Å². The zero-order valence-corrected chi connectivity index (χ0v) is 18.5. The smallest absolute Gasteiger partial charge is 0.311 e. The largest absolute Gasteiger partial charge is 0.502 e. The number of furan rings is 1. The van der Waals surface area contributed by atoms with E-state index in [4.69, 9.17) is 21.0 Å². The molecule has 34 heavy (non-hydrogen) atoms. The van der Waals surface area contributed by atoms with Crippen LogP contribution in [0.15, 0.2) is 76.7 Å². The van der Waals surface area contributed by atoms with Gasteiger partial charge in [-0.2, -0.15) is 0 Å². The van der Waals surface area contributed by atoms with Crippen LogP contribution in [-0.2, 0) is 6.54 Å². The minimum Gasteiger partial charge on any atom is -0.502 e. The molecule has 0 aliphatic carbocycles. The van der Waals surface area contributed by atoms with Gasteiger partial charge >= 0.3 is 5.69 Å². The van der Waals surface area contributed by atoms with Crippen molar-refractivity contribution >= 4 is 34.5 Å². The summed E-state index contributed by atoms with van der Waals surface area (Å²) in [6.45, 7) is 0.735. The maximum Gasteiger partial charge on any atom is 0.311 e. The van der Waals surface area contributed by atoms with E-state index < -0.39 is 28.2 Å². The molecule has 174 valence electrons. The predicted octanol–water partition coefficient (Wildman–Crippen LogP) is 4.12. The summed E-state index contributed by atoms with van der Waals surface area (Å²) in [6.07, 6.45) is 1.48. The Bertz CT molecular complexity index is 1320. The van der Waals surface area contributed by atoms with Gasteiger partial charge in [-0.25, -0.2) is 0 Å². The van der Waals surface area contributed by atoms with Crippen LogP contribution in [0.4, 0.5) is 11.4 Å². The van der Waals surface area contributed by atoms with Crippen molar-refractivity contribution in [2.24, 2.45) is 11.5 Å². The van der Waals surface area contributed by atoms with Crippen LogP contribution in [0.2, 0.25) is 0 Å². The number of nitrogens with one attached hydrogen (secondary N) is 1. The van der Waals surface area contributed by atoms with Crippen LogP contribution in [0, 0.1) is 10.1 Å². The number of benzene rings is 2. The maximum atomic E-state index is 11.3. The Labute approximate surface area is 197 Å². The molecule has 0 fully saturated rings. The molecule has 0 saturated carbocycles. The van der Waals surface area contributed by atoms with E-state index in [9.17, 15) is 19.7 Å². The first-order valence-corrected chi connectivity index (χ1v) is 10.7. The SMILES string of the molecule is NC(=O)c1ccc(O)c([N+](=O)[O-])c1.NC(=O)c1occc1-c1csc(CNc2ccccc2)c1. The molecule has 0 radical (unpaired) electrons. The number of nitrogens with two attached hydrogens (primary N) is 2. The number of anilines is 1. The lowest BCUT2D eigenvalue weighted by molar-refractivity contribution is -0.385. The summed E-state index contributed by atoms with van der Waals surface area (Å²) in [5.74, 6) is -1.61. The Morgan fingerprint density at radius 3 is 2.44 bits per heavy atom. The van der Waals surface area contributed by atoms with E-state index in [1.165, 1.54) is 17.2 Å². The molecule has 0 unspecified atom stereocenters. The van der Waals surface area contributed by atoms with Crippen molar-refractivity contribution in [2.75, 3.05) is 5.32 Å². The minimum absolute atomic E-state index is 0.00972. The number of rotatable bonds is 7. The normalized spacial score (nSPS) is 10.1. The summed E-state index contributed by atoms with van der Waals surface area (Å²) < 4.78 is 5.13. The van der Waals surface area contributed by atoms with Crippen molar-refractivity contribution in [2.45, 2.75) is 6.54 Å². The molecular weight excluding hydrogens is 460 g/mol. The molecule has 0 aliphatic rings. The van der Waals surface area contributed by atoms with E-state index in [1.807, 2.05) is 41.8 Å². The van der Waals surface area contributed by atoms with Gasteiger partial charge in [-0.15, -0.1) is 11.3 Å². The zero-order valence-electron chi connectivity index (χ0n) is 17.6. The standard InChI is InChI=1S/C16H14N2O2S.C7H6N2O4/c17-16(19)15-14(6-7-20-15)11-8-13(21-10-11)9-18-12-4-2-1-3-5-12;8-7(11)4-1-2-6(10)5(3-4)9(12)13/h1-8,10,18H,9H2,(H2,17,19);1-3,10H,(H2,8,11). The second-order valence-corrected chi connectivity index (χ2v) is 7.87. The number of aromatic hydroxyl groups is 1. The molecule has 0 atom stereocenters. The number of carbonyl (C=O) groups is 2. The highest BCUT2D eigenvalue weighted by Crippen LogP contribution is 2.29. The Balaban J connectivity index is 0.000000215. The van der Waals surface area contributed by atoms with Crippen LogP contribution in [0.25, 0.3) is 11.1 Å². The van der Waals surface area contributed by atoms with Gasteiger partial charge in [-0.05, 0) is 47.3 Å². The summed E-state index contributed by atoms with van der Waals surface area (Å²) in [5.41, 5.74) is 12.4. The molecule has 2 aromatic heterocycles. The summed E-state index contributed by atoms with van der Waals surface area (Å²) in [4.78, 5) is 32.6. The molecule has 10 nitrogen and oxygen atoms in total. The highest BCUT2D eigenvalue weighted by atomic mass is 32.1. The number of carbonyl (C=O) groups excluding carboxylic acids is 2. The van der Waals surface area contributed by atoms with Crippen LogP contribution in [0.5, 0.6) is 5.75 Å². The number of thiophene rings is 1. The van der Waals surface area contributed by atoms with Gasteiger partial charge < -0.3 is 26.3 Å². The second kappa shape index (κ2) is 10.8. The average molecular weight is 481 g/mol. The second-order valence-electron chi connectivity index (χ2n) is 6.87. The molecule has 0 aliphatic heterocycles. The number of nitro groups is 1. The van der Waals surface area contributed by atoms with E-state index in [1.54, 1.807) is 17.4 Å². The molecule has 11 heteroatoms. The molecule has 0 spiro atoms. The minimum atomic E-state index is -0.790. The van der Waals surface area contributed by atoms with E-state index >= 15 is 0 Å². The molecule has 4 rings (SSSR count). The number of phenols is 1. The van der Waals surface area contributed by atoms with Crippen LogP contribution >= 0.6 is 11.3 Å². The highest BCUT2D eigenvalue weighted by Gasteiger charge is 2.16. The Morgan fingerprint density at radius 1 is 1.06 bits per heavy atom. The predicted molar refractivity (Wildman–Crippen MR) is 128 cm³/mol. The first kappa shape index (κ1) is 24.0. The van der Waals surface area contributed by atoms with Gasteiger partial charge in [0.15, 0.2) is 11.5 Å². The number of hydrogen-bond donors (Lipinski definition) is 4. The average Bonchev–Trinajstić information content (AvgIpc) is 3.48. The molecular formula is C23H20N4O6S. The van der Waals surface area contributed by atoms with Crippen LogP contribution in [0.1, 0.15) is 25.8 Å². The first-order chi connectivity index (χ1) is 16.3. The molecule has 4 aromatic rings. The van der Waals surface area contributed by atoms with Gasteiger partial charge in [0.1, 0.15) is 0 Å². The highest BCUT2D eigenvalue weighted by molar-refractivity contribution is 7.10. The van der Waals surface area contributed by atoms with Crippen molar-refractivity contribution in [3.05, 3.63) is 98.6 Å². The lowest BCUT2D eigenvalue weighted by Crippen LogP contribution is -2.10. The fourth-order valence-electron chi connectivity index (χ4n) is 2.91. The topological polar surface area (TPSA) is 175 Å². The number of primary amides is 2. The van der Waals surface area contributed by atoms with Crippen molar-refractivity contribution < 1.29 is 24.0 Å². The molecule has 6 N–H and O–H groups in total. The van der Waals surface area contributed by atoms with Crippen molar-refractivity contribution in [3.63, 3.8) is 0 Å². The number of para-hydroxylation sites is 1. The monoisotopic (exact) mass is 480 g/mol. The molecule has 2 aromatic carbocycles. The van der Waals surface area contributed by atoms with E-state index in [-0.39, 0.29) is 11.3 Å². The van der Waals surface area contributed by atoms with Crippen molar-refractivity contribution in [1.29, 1.82) is 0 Å². The lowest BCUT2D eigenvalue weighted by Gasteiger charge is -2.03. The van der Waals surface area contributed by atoms with E-state index in [0.29, 0.717) is 0 Å². The summed E-state index contributed by atoms with van der Waals surface area (Å²) in [6, 6.07) is 17.0. The third-order valence-corrected chi connectivity index (χ3v) is 5.49. The molecule has 2 amide bonds. The summed E-state index contributed by atoms with van der Waals surface area (Å²) in [7, 11) is 0. The van der Waals surface area contributed by atoms with Crippen LogP contribution in [-0.4, -0.2) is 21.8 Å².